The number of anilines is 1. The predicted octanol–water partition coefficient (Wildman–Crippen LogP) is 2.27. The Morgan fingerprint density at radius 1 is 1.23 bits per heavy atom. The first kappa shape index (κ1) is 24.4. The van der Waals surface area contributed by atoms with Gasteiger partial charge in [-0.15, -0.1) is 0 Å². The van der Waals surface area contributed by atoms with Crippen molar-refractivity contribution in [1.82, 2.24) is 9.80 Å². The average Bonchev–Trinajstić information content (AvgIpc) is 2.72. The van der Waals surface area contributed by atoms with Crippen LogP contribution in [0.15, 0.2) is 18.2 Å². The van der Waals surface area contributed by atoms with E-state index in [0.29, 0.717) is 30.2 Å². The molecule has 8 nitrogen and oxygen atoms in total. The quantitative estimate of drug-likeness (QED) is 0.754. The first-order valence-corrected chi connectivity index (χ1v) is 12.1. The summed E-state index contributed by atoms with van der Waals surface area (Å²) in [6.45, 7) is 10.4. The van der Waals surface area contributed by atoms with Crippen molar-refractivity contribution in [3.05, 3.63) is 23.8 Å². The zero-order chi connectivity index (χ0) is 22.5. The van der Waals surface area contributed by atoms with Gasteiger partial charge in [-0.05, 0) is 38.4 Å². The van der Waals surface area contributed by atoms with Gasteiger partial charge >= 0.3 is 0 Å². The largest absolute Gasteiger partial charge is 0.491 e. The van der Waals surface area contributed by atoms with Crippen molar-refractivity contribution >= 4 is 21.6 Å². The average molecular weight is 442 g/mol. The van der Waals surface area contributed by atoms with Crippen LogP contribution in [0.3, 0.4) is 0 Å². The highest BCUT2D eigenvalue weighted by Crippen LogP contribution is 2.27. The SMILES string of the molecule is CCN1C[C@@H](C)[C@H](OC)CN(C)C(=O)c2ccc(NS(=O)(=O)CC)cc2OC[C@H]1C. The van der Waals surface area contributed by atoms with Crippen LogP contribution in [-0.4, -0.2) is 82.4 Å². The van der Waals surface area contributed by atoms with E-state index in [0.717, 1.165) is 13.1 Å². The van der Waals surface area contributed by atoms with Crippen molar-refractivity contribution in [3.63, 3.8) is 0 Å². The van der Waals surface area contributed by atoms with Crippen LogP contribution in [-0.2, 0) is 14.8 Å². The number of nitrogens with one attached hydrogen (secondary N) is 1. The summed E-state index contributed by atoms with van der Waals surface area (Å²) in [4.78, 5) is 17.1. The zero-order valence-electron chi connectivity index (χ0n) is 18.8. The summed E-state index contributed by atoms with van der Waals surface area (Å²) in [6.07, 6.45) is -0.0976. The van der Waals surface area contributed by atoms with Crippen molar-refractivity contribution in [3.8, 4) is 5.75 Å². The van der Waals surface area contributed by atoms with Gasteiger partial charge in [0, 0.05) is 39.4 Å². The number of methoxy groups -OCH3 is 1. The van der Waals surface area contributed by atoms with Gasteiger partial charge in [0.25, 0.3) is 5.91 Å². The molecule has 0 aromatic heterocycles. The Morgan fingerprint density at radius 3 is 2.53 bits per heavy atom. The first-order chi connectivity index (χ1) is 14.1. The molecule has 1 aromatic carbocycles. The van der Waals surface area contributed by atoms with E-state index < -0.39 is 10.0 Å². The molecule has 1 amide bonds. The van der Waals surface area contributed by atoms with Gasteiger partial charge in [0.1, 0.15) is 12.4 Å². The molecule has 3 atom stereocenters. The number of rotatable bonds is 5. The van der Waals surface area contributed by atoms with E-state index in [4.69, 9.17) is 9.47 Å². The van der Waals surface area contributed by atoms with Crippen molar-refractivity contribution < 1.29 is 22.7 Å². The predicted molar refractivity (Wildman–Crippen MR) is 119 cm³/mol. The van der Waals surface area contributed by atoms with Crippen LogP contribution in [0.25, 0.3) is 0 Å². The number of carbonyl (C=O) groups excluding carboxylic acids is 1. The fourth-order valence-corrected chi connectivity index (χ4v) is 4.23. The van der Waals surface area contributed by atoms with E-state index in [1.54, 1.807) is 44.2 Å². The van der Waals surface area contributed by atoms with E-state index in [-0.39, 0.29) is 29.7 Å². The second kappa shape index (κ2) is 10.5. The van der Waals surface area contributed by atoms with Crippen LogP contribution in [0.5, 0.6) is 5.75 Å². The van der Waals surface area contributed by atoms with E-state index in [2.05, 4.69) is 30.4 Å². The second-order valence-electron chi connectivity index (χ2n) is 7.90. The van der Waals surface area contributed by atoms with Crippen molar-refractivity contribution in [2.45, 2.75) is 39.8 Å². The number of likely N-dealkylation sites (N-methyl/N-ethyl adjacent to an activating group) is 2. The van der Waals surface area contributed by atoms with E-state index >= 15 is 0 Å². The molecule has 30 heavy (non-hydrogen) atoms. The smallest absolute Gasteiger partial charge is 0.257 e. The third-order valence-corrected chi connectivity index (χ3v) is 6.94. The lowest BCUT2D eigenvalue weighted by molar-refractivity contribution is 0.0116. The normalized spacial score (nSPS) is 24.4. The number of hydrogen-bond donors (Lipinski definition) is 1. The molecule has 0 saturated heterocycles. The Hall–Kier alpha value is -1.84. The molecule has 2 rings (SSSR count). The van der Waals surface area contributed by atoms with Gasteiger partial charge in [0.05, 0.1) is 23.1 Å². The van der Waals surface area contributed by atoms with Gasteiger partial charge in [-0.25, -0.2) is 8.42 Å². The number of hydrogen-bond acceptors (Lipinski definition) is 6. The van der Waals surface area contributed by atoms with Crippen LogP contribution in [0.4, 0.5) is 5.69 Å². The Labute approximate surface area is 180 Å². The molecule has 0 bridgehead atoms. The molecular formula is C21H35N3O5S. The summed E-state index contributed by atoms with van der Waals surface area (Å²) in [5.74, 6) is 0.377. The Kier molecular flexibility index (Phi) is 8.52. The maximum Gasteiger partial charge on any atom is 0.257 e. The number of benzene rings is 1. The minimum atomic E-state index is -3.43. The van der Waals surface area contributed by atoms with E-state index in [1.807, 2.05) is 0 Å². The molecule has 0 fully saturated rings. The first-order valence-electron chi connectivity index (χ1n) is 10.4. The Morgan fingerprint density at radius 2 is 1.93 bits per heavy atom. The summed E-state index contributed by atoms with van der Waals surface area (Å²) in [7, 11) is -0.0139. The molecular weight excluding hydrogens is 406 g/mol. The molecule has 0 spiro atoms. The maximum absolute atomic E-state index is 13.1. The molecule has 0 saturated carbocycles. The Bertz CT molecular complexity index is 830. The molecule has 1 N–H and O–H groups in total. The van der Waals surface area contributed by atoms with Crippen molar-refractivity contribution in [2.75, 3.05) is 50.9 Å². The molecule has 1 heterocycles. The number of ether oxygens (including phenoxy) is 2. The number of nitrogens with zero attached hydrogens (tertiary/aromatic N) is 2. The molecule has 0 aliphatic carbocycles. The highest BCUT2D eigenvalue weighted by molar-refractivity contribution is 7.92. The fraction of sp³-hybridized carbons (Fsp3) is 0.667. The summed E-state index contributed by atoms with van der Waals surface area (Å²) in [6, 6.07) is 4.90. The van der Waals surface area contributed by atoms with Gasteiger partial charge < -0.3 is 14.4 Å². The third-order valence-electron chi connectivity index (χ3n) is 5.64. The lowest BCUT2D eigenvalue weighted by atomic mass is 10.0. The van der Waals surface area contributed by atoms with Crippen LogP contribution in [0, 0.1) is 5.92 Å². The standard InChI is InChI=1S/C21H35N3O5S/c1-7-24-12-15(3)20(28-6)13-23(5)21(25)18-10-9-17(22-30(26,27)8-2)11-19(18)29-14-16(24)4/h9-11,15-16,20,22H,7-8,12-14H2,1-6H3/t15-,16-,20-/m1/s1. The maximum atomic E-state index is 13.1. The van der Waals surface area contributed by atoms with Crippen molar-refractivity contribution in [1.29, 1.82) is 0 Å². The molecule has 1 aromatic rings. The lowest BCUT2D eigenvalue weighted by Gasteiger charge is -2.35. The van der Waals surface area contributed by atoms with Crippen LogP contribution < -0.4 is 9.46 Å². The summed E-state index contributed by atoms with van der Waals surface area (Å²) in [5.41, 5.74) is 0.775. The monoisotopic (exact) mass is 441 g/mol. The fourth-order valence-electron chi connectivity index (χ4n) is 3.60. The Balaban J connectivity index is 2.43. The molecule has 1 aliphatic heterocycles. The number of amides is 1. The zero-order valence-corrected chi connectivity index (χ0v) is 19.7. The molecule has 0 radical (unpaired) electrons. The summed E-state index contributed by atoms with van der Waals surface area (Å²) < 4.78 is 38.2. The molecule has 0 unspecified atom stereocenters. The van der Waals surface area contributed by atoms with Gasteiger partial charge in [-0.3, -0.25) is 14.4 Å². The third kappa shape index (κ3) is 6.09. The number of sulfonamides is 1. The van der Waals surface area contributed by atoms with Crippen LogP contribution in [0.1, 0.15) is 38.1 Å². The minimum Gasteiger partial charge on any atom is -0.491 e. The van der Waals surface area contributed by atoms with Gasteiger partial charge in [-0.2, -0.15) is 0 Å². The minimum absolute atomic E-state index is 0.0360. The topological polar surface area (TPSA) is 88.2 Å². The van der Waals surface area contributed by atoms with Gasteiger partial charge in [0.15, 0.2) is 0 Å². The number of fused-ring (bicyclic) bond motifs is 1. The van der Waals surface area contributed by atoms with Gasteiger partial charge in [-0.1, -0.05) is 13.8 Å². The van der Waals surface area contributed by atoms with Gasteiger partial charge in [0.2, 0.25) is 10.0 Å². The second-order valence-corrected chi connectivity index (χ2v) is 9.91. The highest BCUT2D eigenvalue weighted by Gasteiger charge is 2.28. The van der Waals surface area contributed by atoms with Crippen molar-refractivity contribution in [2.24, 2.45) is 5.92 Å². The summed E-state index contributed by atoms with van der Waals surface area (Å²) in [5, 5.41) is 0. The molecule has 170 valence electrons. The van der Waals surface area contributed by atoms with Crippen LogP contribution >= 0.6 is 0 Å². The molecule has 1 aliphatic rings. The molecule has 9 heteroatoms. The number of carbonyl (C=O) groups is 1. The lowest BCUT2D eigenvalue weighted by Crippen LogP contribution is -2.46. The van der Waals surface area contributed by atoms with E-state index in [1.165, 1.54) is 0 Å². The summed E-state index contributed by atoms with van der Waals surface area (Å²) >= 11 is 0. The van der Waals surface area contributed by atoms with E-state index in [9.17, 15) is 13.2 Å². The highest BCUT2D eigenvalue weighted by atomic mass is 32.2. The van der Waals surface area contributed by atoms with Crippen LogP contribution in [0.2, 0.25) is 0 Å².